The molecule has 2 aromatic rings. The molecule has 1 aromatic heterocycles. The summed E-state index contributed by atoms with van der Waals surface area (Å²) in [7, 11) is 2.16. The van der Waals surface area contributed by atoms with Crippen LogP contribution in [0.1, 0.15) is 12.0 Å². The first kappa shape index (κ1) is 16.1. The van der Waals surface area contributed by atoms with Gasteiger partial charge in [-0.05, 0) is 19.0 Å². The molecular weight excluding hydrogens is 308 g/mol. The molecule has 0 spiro atoms. The molecule has 1 aliphatic rings. The molecule has 1 N–H and O–H groups in total. The van der Waals surface area contributed by atoms with E-state index >= 15 is 0 Å². The lowest BCUT2D eigenvalue weighted by Gasteiger charge is -2.24. The van der Waals surface area contributed by atoms with Crippen LogP contribution in [-0.2, 0) is 11.3 Å². The van der Waals surface area contributed by atoms with Crippen LogP contribution < -0.4 is 5.32 Å². The third-order valence-electron chi connectivity index (χ3n) is 4.19. The summed E-state index contributed by atoms with van der Waals surface area (Å²) in [5.41, 5.74) is 1.33. The number of likely N-dealkylation sites (N-methyl/N-ethyl adjacent to an activating group) is 1. The van der Waals surface area contributed by atoms with Crippen LogP contribution in [0.2, 0.25) is 0 Å². The molecule has 1 saturated heterocycles. The Kier molecular flexibility index (Phi) is 5.38. The minimum absolute atomic E-state index is 0.0197. The number of nitrogens with one attached hydrogen (secondary N) is 1. The third-order valence-corrected chi connectivity index (χ3v) is 4.88. The van der Waals surface area contributed by atoms with E-state index in [9.17, 15) is 4.79 Å². The highest BCUT2D eigenvalue weighted by atomic mass is 32.1. The van der Waals surface area contributed by atoms with Crippen molar-refractivity contribution in [2.45, 2.75) is 19.0 Å². The molecule has 1 atom stereocenters. The normalized spacial score (nSPS) is 18.4. The number of anilines is 1. The number of likely N-dealkylation sites (tertiary alicyclic amines) is 1. The van der Waals surface area contributed by atoms with Crippen LogP contribution in [0.25, 0.3) is 0 Å². The summed E-state index contributed by atoms with van der Waals surface area (Å²) in [5, 5.41) is 5.38. The van der Waals surface area contributed by atoms with Crippen molar-refractivity contribution in [1.29, 1.82) is 0 Å². The third kappa shape index (κ3) is 4.60. The van der Waals surface area contributed by atoms with Crippen molar-refractivity contribution in [3.05, 3.63) is 47.5 Å². The smallest absolute Gasteiger partial charge is 0.240 e. The number of hydrogen-bond acceptors (Lipinski definition) is 5. The Morgan fingerprint density at radius 2 is 2.26 bits per heavy atom. The summed E-state index contributed by atoms with van der Waals surface area (Å²) in [5.74, 6) is 0.0197. The van der Waals surface area contributed by atoms with Gasteiger partial charge in [-0.1, -0.05) is 30.3 Å². The number of rotatable bonds is 6. The van der Waals surface area contributed by atoms with Crippen molar-refractivity contribution < 1.29 is 4.79 Å². The Labute approximate surface area is 140 Å². The Bertz CT molecular complexity index is 617. The van der Waals surface area contributed by atoms with Gasteiger partial charge in [-0.25, -0.2) is 4.98 Å². The first-order valence-corrected chi connectivity index (χ1v) is 8.74. The summed E-state index contributed by atoms with van der Waals surface area (Å²) in [6.07, 6.45) is 2.80. The molecule has 6 heteroatoms. The molecule has 3 rings (SSSR count). The maximum atomic E-state index is 12.0. The van der Waals surface area contributed by atoms with Gasteiger partial charge in [-0.2, -0.15) is 0 Å². The predicted molar refractivity (Wildman–Crippen MR) is 93.5 cm³/mol. The van der Waals surface area contributed by atoms with E-state index in [4.69, 9.17) is 0 Å². The average Bonchev–Trinajstić information content (AvgIpc) is 3.20. The standard InChI is InChI=1S/C17H22N4OS/c1-20(11-14-5-3-2-4-6-14)15-7-9-21(12-15)13-16(22)19-17-18-8-10-23-17/h2-6,8,10,15H,7,9,11-13H2,1H3,(H,18,19,22). The maximum Gasteiger partial charge on any atom is 0.240 e. The number of thiazole rings is 1. The van der Waals surface area contributed by atoms with Crippen LogP contribution in [-0.4, -0.2) is 53.4 Å². The lowest BCUT2D eigenvalue weighted by Crippen LogP contribution is -2.36. The highest BCUT2D eigenvalue weighted by molar-refractivity contribution is 7.13. The van der Waals surface area contributed by atoms with Gasteiger partial charge in [0.1, 0.15) is 0 Å². The van der Waals surface area contributed by atoms with Gasteiger partial charge >= 0.3 is 0 Å². The number of nitrogens with zero attached hydrogens (tertiary/aromatic N) is 3. The molecule has 122 valence electrons. The lowest BCUT2D eigenvalue weighted by molar-refractivity contribution is -0.117. The largest absolute Gasteiger partial charge is 0.301 e. The first-order chi connectivity index (χ1) is 11.2. The van der Waals surface area contributed by atoms with Crippen LogP contribution in [0, 0.1) is 0 Å². The number of benzene rings is 1. The molecule has 0 bridgehead atoms. The van der Waals surface area contributed by atoms with Gasteiger partial charge in [-0.15, -0.1) is 11.3 Å². The molecule has 1 fully saturated rings. The van der Waals surface area contributed by atoms with Gasteiger partial charge in [0.2, 0.25) is 5.91 Å². The van der Waals surface area contributed by atoms with Crippen molar-refractivity contribution in [1.82, 2.24) is 14.8 Å². The van der Waals surface area contributed by atoms with E-state index < -0.39 is 0 Å². The molecule has 1 aliphatic heterocycles. The average molecular weight is 330 g/mol. The number of amides is 1. The van der Waals surface area contributed by atoms with E-state index in [1.807, 2.05) is 11.4 Å². The fraction of sp³-hybridized carbons (Fsp3) is 0.412. The van der Waals surface area contributed by atoms with Crippen LogP contribution in [0.5, 0.6) is 0 Å². The Hall–Kier alpha value is -1.76. The zero-order valence-corrected chi connectivity index (χ0v) is 14.1. The SMILES string of the molecule is CN(Cc1ccccc1)C1CCN(CC(=O)Nc2nccs2)C1. The van der Waals surface area contributed by atoms with Crippen LogP contribution in [0.15, 0.2) is 41.9 Å². The highest BCUT2D eigenvalue weighted by Gasteiger charge is 2.26. The van der Waals surface area contributed by atoms with Crippen molar-refractivity contribution in [3.63, 3.8) is 0 Å². The summed E-state index contributed by atoms with van der Waals surface area (Å²) >= 11 is 1.45. The zero-order valence-electron chi connectivity index (χ0n) is 13.3. The molecule has 0 aliphatic carbocycles. The second-order valence-corrected chi connectivity index (χ2v) is 6.86. The highest BCUT2D eigenvalue weighted by Crippen LogP contribution is 2.17. The molecule has 0 radical (unpaired) electrons. The number of aromatic nitrogens is 1. The van der Waals surface area contributed by atoms with E-state index in [1.165, 1.54) is 16.9 Å². The molecule has 2 heterocycles. The first-order valence-electron chi connectivity index (χ1n) is 7.86. The molecule has 1 unspecified atom stereocenters. The van der Waals surface area contributed by atoms with Crippen LogP contribution in [0.3, 0.4) is 0 Å². The fourth-order valence-electron chi connectivity index (χ4n) is 2.96. The lowest BCUT2D eigenvalue weighted by atomic mass is 10.1. The molecule has 1 aromatic carbocycles. The zero-order chi connectivity index (χ0) is 16.1. The second kappa shape index (κ2) is 7.68. The van der Waals surface area contributed by atoms with Gasteiger partial charge in [0, 0.05) is 37.3 Å². The second-order valence-electron chi connectivity index (χ2n) is 5.96. The summed E-state index contributed by atoms with van der Waals surface area (Å²) in [6, 6.07) is 11.0. The monoisotopic (exact) mass is 330 g/mol. The van der Waals surface area contributed by atoms with E-state index in [2.05, 4.69) is 51.4 Å². The van der Waals surface area contributed by atoms with Gasteiger partial charge in [0.25, 0.3) is 0 Å². The fourth-order valence-corrected chi connectivity index (χ4v) is 3.51. The van der Waals surface area contributed by atoms with E-state index in [-0.39, 0.29) is 5.91 Å². The quantitative estimate of drug-likeness (QED) is 0.883. The molecule has 0 saturated carbocycles. The van der Waals surface area contributed by atoms with E-state index in [0.717, 1.165) is 26.1 Å². The van der Waals surface area contributed by atoms with Gasteiger partial charge < -0.3 is 5.32 Å². The van der Waals surface area contributed by atoms with Crippen LogP contribution >= 0.6 is 11.3 Å². The summed E-state index contributed by atoms with van der Waals surface area (Å²) in [4.78, 5) is 20.7. The molecular formula is C17H22N4OS. The van der Waals surface area contributed by atoms with Gasteiger partial charge in [0.15, 0.2) is 5.13 Å². The van der Waals surface area contributed by atoms with Crippen molar-refractivity contribution in [3.8, 4) is 0 Å². The van der Waals surface area contributed by atoms with Gasteiger partial charge in [-0.3, -0.25) is 14.6 Å². The molecule has 1 amide bonds. The summed E-state index contributed by atoms with van der Waals surface area (Å²) in [6.45, 7) is 3.30. The minimum Gasteiger partial charge on any atom is -0.301 e. The topological polar surface area (TPSA) is 48.5 Å². The molecule has 5 nitrogen and oxygen atoms in total. The number of hydrogen-bond donors (Lipinski definition) is 1. The maximum absolute atomic E-state index is 12.0. The van der Waals surface area contributed by atoms with E-state index in [0.29, 0.717) is 17.7 Å². The predicted octanol–water partition coefficient (Wildman–Crippen LogP) is 2.29. The number of carbonyl (C=O) groups is 1. The summed E-state index contributed by atoms with van der Waals surface area (Å²) < 4.78 is 0. The van der Waals surface area contributed by atoms with Crippen molar-refractivity contribution in [2.24, 2.45) is 0 Å². The Balaban J connectivity index is 1.45. The molecule has 23 heavy (non-hydrogen) atoms. The van der Waals surface area contributed by atoms with Crippen molar-refractivity contribution >= 4 is 22.4 Å². The van der Waals surface area contributed by atoms with E-state index in [1.54, 1.807) is 6.20 Å². The van der Waals surface area contributed by atoms with Crippen molar-refractivity contribution in [2.75, 3.05) is 32.0 Å². The Morgan fingerprint density at radius 3 is 3.00 bits per heavy atom. The minimum atomic E-state index is 0.0197. The number of carbonyl (C=O) groups excluding carboxylic acids is 1. The Morgan fingerprint density at radius 1 is 1.43 bits per heavy atom. The van der Waals surface area contributed by atoms with Crippen LogP contribution in [0.4, 0.5) is 5.13 Å². The van der Waals surface area contributed by atoms with Gasteiger partial charge in [0.05, 0.1) is 6.54 Å².